The second-order valence-corrected chi connectivity index (χ2v) is 4.07. The fourth-order valence-electron chi connectivity index (χ4n) is 1.20. The average Bonchev–Trinajstić information content (AvgIpc) is 2.25. The van der Waals surface area contributed by atoms with E-state index in [9.17, 15) is 19.8 Å². The molecule has 0 saturated heterocycles. The Hall–Kier alpha value is -1.88. The van der Waals surface area contributed by atoms with Gasteiger partial charge in [-0.15, -0.1) is 0 Å². The van der Waals surface area contributed by atoms with E-state index >= 15 is 0 Å². The molecule has 1 aromatic rings. The predicted molar refractivity (Wildman–Crippen MR) is 57.6 cm³/mol. The Morgan fingerprint density at radius 3 is 2.24 bits per heavy atom. The third-order valence-corrected chi connectivity index (χ3v) is 2.03. The van der Waals surface area contributed by atoms with Gasteiger partial charge in [0.2, 0.25) is 0 Å². The van der Waals surface area contributed by atoms with Gasteiger partial charge < -0.3 is 19.7 Å². The van der Waals surface area contributed by atoms with Crippen LogP contribution >= 0.6 is 0 Å². The first-order chi connectivity index (χ1) is 7.80. The van der Waals surface area contributed by atoms with E-state index in [1.807, 2.05) is 0 Å². The summed E-state index contributed by atoms with van der Waals surface area (Å²) in [5, 5.41) is 19.7. The number of carbonyl (C=O) groups excluding carboxylic acids is 2. The lowest BCUT2D eigenvalue weighted by Gasteiger charge is -2.15. The maximum atomic E-state index is 11.6. The number of ketones is 1. The fraction of sp³-hybridized carbons (Fsp3) is 0.333. The molecule has 0 aliphatic carbocycles. The Labute approximate surface area is 98.6 Å². The molecule has 0 amide bonds. The highest BCUT2D eigenvalue weighted by Gasteiger charge is 2.24. The Morgan fingerprint density at radius 1 is 1.29 bits per heavy atom. The number of hydrogen-bond acceptors (Lipinski definition) is 5. The number of Topliss-reactive ketones (excluding diaryl/α,β-unsaturated/α-hetero) is 1. The van der Waals surface area contributed by atoms with Gasteiger partial charge in [0.05, 0.1) is 5.97 Å². The van der Waals surface area contributed by atoms with E-state index in [0.717, 1.165) is 0 Å². The Bertz CT molecular complexity index is 414. The van der Waals surface area contributed by atoms with Crippen LogP contribution in [0.1, 0.15) is 24.2 Å². The number of benzene rings is 1. The zero-order chi connectivity index (χ0) is 13.1. The zero-order valence-corrected chi connectivity index (χ0v) is 9.60. The lowest BCUT2D eigenvalue weighted by atomic mass is 9.97. The normalized spacial score (nSPS) is 11.0. The van der Waals surface area contributed by atoms with E-state index < -0.39 is 24.0 Å². The molecule has 0 aliphatic heterocycles. The number of rotatable bonds is 5. The van der Waals surface area contributed by atoms with Gasteiger partial charge in [0, 0.05) is 5.56 Å². The highest BCUT2D eigenvalue weighted by Crippen LogP contribution is 2.16. The summed E-state index contributed by atoms with van der Waals surface area (Å²) in [6, 6.07) is 5.85. The molecule has 5 heteroatoms. The van der Waals surface area contributed by atoms with Crippen molar-refractivity contribution >= 4 is 11.8 Å². The van der Waals surface area contributed by atoms with Crippen molar-refractivity contribution < 1.29 is 24.5 Å². The highest BCUT2D eigenvalue weighted by molar-refractivity contribution is 6.01. The van der Waals surface area contributed by atoms with Crippen molar-refractivity contribution in [1.82, 2.24) is 0 Å². The molecule has 0 aliphatic rings. The second kappa shape index (κ2) is 4.97. The van der Waals surface area contributed by atoms with Crippen molar-refractivity contribution in [1.29, 1.82) is 0 Å². The van der Waals surface area contributed by atoms with Crippen molar-refractivity contribution in [2.24, 2.45) is 0 Å². The van der Waals surface area contributed by atoms with Crippen LogP contribution in [0.3, 0.4) is 0 Å². The summed E-state index contributed by atoms with van der Waals surface area (Å²) in [7, 11) is 0. The maximum Gasteiger partial charge on any atom is 0.193 e. The number of carboxylic acid groups (broad SMARTS) is 1. The van der Waals surface area contributed by atoms with Crippen LogP contribution in [-0.2, 0) is 4.79 Å². The number of ether oxygens (including phenoxy) is 1. The first-order valence-electron chi connectivity index (χ1n) is 5.00. The number of hydrogen-bond donors (Lipinski definition) is 1. The number of carboxylic acids is 1. The molecule has 1 rings (SSSR count). The Morgan fingerprint density at radius 2 is 1.82 bits per heavy atom. The van der Waals surface area contributed by atoms with Crippen molar-refractivity contribution in [2.45, 2.75) is 19.4 Å². The van der Waals surface area contributed by atoms with Gasteiger partial charge >= 0.3 is 0 Å². The van der Waals surface area contributed by atoms with Gasteiger partial charge in [-0.25, -0.2) is 0 Å². The molecule has 0 spiro atoms. The Kier molecular flexibility index (Phi) is 3.85. The molecule has 17 heavy (non-hydrogen) atoms. The molecule has 0 radical (unpaired) electrons. The molecule has 0 fully saturated rings. The van der Waals surface area contributed by atoms with Gasteiger partial charge in [0.25, 0.3) is 0 Å². The summed E-state index contributed by atoms with van der Waals surface area (Å²) >= 11 is 0. The van der Waals surface area contributed by atoms with Crippen LogP contribution < -0.4 is 9.84 Å². The summed E-state index contributed by atoms with van der Waals surface area (Å²) in [6.07, 6.45) is 0. The maximum absolute atomic E-state index is 11.6. The predicted octanol–water partition coefficient (Wildman–Crippen LogP) is -0.231. The minimum Gasteiger partial charge on any atom is -0.546 e. The molecular weight excluding hydrogens is 224 g/mol. The van der Waals surface area contributed by atoms with Crippen LogP contribution in [0.2, 0.25) is 0 Å². The second-order valence-electron chi connectivity index (χ2n) is 4.07. The fourth-order valence-corrected chi connectivity index (χ4v) is 1.20. The van der Waals surface area contributed by atoms with Gasteiger partial charge in [-0.3, -0.25) is 4.79 Å². The largest absolute Gasteiger partial charge is 0.546 e. The molecule has 0 aromatic heterocycles. The average molecular weight is 237 g/mol. The van der Waals surface area contributed by atoms with Gasteiger partial charge in [0.15, 0.2) is 5.78 Å². The lowest BCUT2D eigenvalue weighted by Crippen LogP contribution is -2.31. The molecule has 1 N–H and O–H groups in total. The van der Waals surface area contributed by atoms with Crippen LogP contribution in [0.5, 0.6) is 5.75 Å². The van der Waals surface area contributed by atoms with Gasteiger partial charge in [-0.1, -0.05) is 0 Å². The molecule has 0 heterocycles. The molecular formula is C12H13O5-. The molecule has 5 nitrogen and oxygen atoms in total. The van der Waals surface area contributed by atoms with Crippen molar-refractivity contribution in [3.05, 3.63) is 29.8 Å². The van der Waals surface area contributed by atoms with Crippen LogP contribution in [-0.4, -0.2) is 29.1 Å². The topological polar surface area (TPSA) is 86.7 Å². The number of carbonyl (C=O) groups is 2. The highest BCUT2D eigenvalue weighted by atomic mass is 16.5. The van der Waals surface area contributed by atoms with E-state index in [0.29, 0.717) is 11.3 Å². The van der Waals surface area contributed by atoms with Gasteiger partial charge in [-0.2, -0.15) is 0 Å². The smallest absolute Gasteiger partial charge is 0.193 e. The van der Waals surface area contributed by atoms with E-state index in [1.165, 1.54) is 38.1 Å². The standard InChI is InChI=1S/C12H14O5/c1-12(2,16)11(15)8-3-5-9(6-4-8)17-7-10(13)14/h3-6,16H,7H2,1-2H3,(H,13,14)/p-1. The summed E-state index contributed by atoms with van der Waals surface area (Å²) in [5.74, 6) is -1.41. The molecule has 0 unspecified atom stereocenters. The third-order valence-electron chi connectivity index (χ3n) is 2.03. The van der Waals surface area contributed by atoms with Gasteiger partial charge in [0.1, 0.15) is 18.0 Å². The minimum atomic E-state index is -1.44. The first-order valence-corrected chi connectivity index (χ1v) is 5.00. The van der Waals surface area contributed by atoms with Crippen molar-refractivity contribution in [2.75, 3.05) is 6.61 Å². The monoisotopic (exact) mass is 237 g/mol. The minimum absolute atomic E-state index is 0.321. The van der Waals surface area contributed by atoms with E-state index in [2.05, 4.69) is 0 Å². The Balaban J connectivity index is 2.75. The SMILES string of the molecule is CC(C)(O)C(=O)c1ccc(OCC(=O)[O-])cc1. The lowest BCUT2D eigenvalue weighted by molar-refractivity contribution is -0.307. The van der Waals surface area contributed by atoms with Gasteiger partial charge in [-0.05, 0) is 38.1 Å². The van der Waals surface area contributed by atoms with Crippen molar-refractivity contribution in [3.63, 3.8) is 0 Å². The van der Waals surface area contributed by atoms with Crippen LogP contribution in [0.4, 0.5) is 0 Å². The van der Waals surface area contributed by atoms with E-state index in [1.54, 1.807) is 0 Å². The summed E-state index contributed by atoms with van der Waals surface area (Å²) in [5.41, 5.74) is -1.11. The van der Waals surface area contributed by atoms with E-state index in [-0.39, 0.29) is 0 Å². The quantitative estimate of drug-likeness (QED) is 0.715. The number of aliphatic carboxylic acids is 1. The van der Waals surface area contributed by atoms with E-state index in [4.69, 9.17) is 4.74 Å². The van der Waals surface area contributed by atoms with Crippen LogP contribution in [0, 0.1) is 0 Å². The summed E-state index contributed by atoms with van der Waals surface area (Å²) in [6.45, 7) is 2.25. The molecule has 1 aromatic carbocycles. The molecule has 0 saturated carbocycles. The summed E-state index contributed by atoms with van der Waals surface area (Å²) < 4.78 is 4.85. The van der Waals surface area contributed by atoms with Crippen LogP contribution in [0.15, 0.2) is 24.3 Å². The summed E-state index contributed by atoms with van der Waals surface area (Å²) in [4.78, 5) is 21.8. The molecule has 92 valence electrons. The molecule has 0 atom stereocenters. The third kappa shape index (κ3) is 3.88. The number of aliphatic hydroxyl groups is 1. The van der Waals surface area contributed by atoms with Crippen LogP contribution in [0.25, 0.3) is 0 Å². The molecule has 0 bridgehead atoms. The first kappa shape index (κ1) is 13.2. The zero-order valence-electron chi connectivity index (χ0n) is 9.60. The van der Waals surface area contributed by atoms with Crippen molar-refractivity contribution in [3.8, 4) is 5.75 Å².